The predicted molar refractivity (Wildman–Crippen MR) is 104 cm³/mol. The lowest BCUT2D eigenvalue weighted by Crippen LogP contribution is -2.51. The number of ether oxygens (including phenoxy) is 3. The summed E-state index contributed by atoms with van der Waals surface area (Å²) in [6.07, 6.45) is 1.40. The van der Waals surface area contributed by atoms with Crippen LogP contribution in [0.15, 0.2) is 22.2 Å². The molecular weight excluding hydrogens is 440 g/mol. The van der Waals surface area contributed by atoms with Crippen LogP contribution < -0.4 is 20.1 Å². The van der Waals surface area contributed by atoms with E-state index in [0.29, 0.717) is 28.1 Å². The highest BCUT2D eigenvalue weighted by Gasteiger charge is 2.26. The molecule has 1 aromatic rings. The Morgan fingerprint density at radius 1 is 1.11 bits per heavy atom. The Morgan fingerprint density at radius 3 is 2.33 bits per heavy atom. The van der Waals surface area contributed by atoms with E-state index in [2.05, 4.69) is 26.6 Å². The summed E-state index contributed by atoms with van der Waals surface area (Å²) in [5, 5.41) is 4.69. The monoisotopic (exact) mass is 456 g/mol. The molecule has 2 N–H and O–H groups in total. The zero-order chi connectivity index (χ0) is 20.0. The van der Waals surface area contributed by atoms with Gasteiger partial charge in [0.15, 0.2) is 23.2 Å². The van der Waals surface area contributed by atoms with E-state index in [0.717, 1.165) is 0 Å². The molecule has 2 rings (SSSR count). The molecule has 0 bridgehead atoms. The van der Waals surface area contributed by atoms with E-state index >= 15 is 0 Å². The summed E-state index contributed by atoms with van der Waals surface area (Å²) < 4.78 is 16.4. The minimum atomic E-state index is -0.601. The Morgan fingerprint density at radius 2 is 1.74 bits per heavy atom. The summed E-state index contributed by atoms with van der Waals surface area (Å²) in [5.41, 5.74) is 0.405. The average Bonchev–Trinajstić information content (AvgIpc) is 2.59. The molecule has 1 fully saturated rings. The van der Waals surface area contributed by atoms with Crippen LogP contribution in [0.2, 0.25) is 0 Å². The van der Waals surface area contributed by atoms with Gasteiger partial charge >= 0.3 is 5.97 Å². The van der Waals surface area contributed by atoms with Crippen LogP contribution in [0.25, 0.3) is 6.08 Å². The van der Waals surface area contributed by atoms with Crippen molar-refractivity contribution in [2.45, 2.75) is 13.8 Å². The molecule has 0 unspecified atom stereocenters. The first-order valence-electron chi connectivity index (χ1n) is 7.98. The van der Waals surface area contributed by atoms with Crippen molar-refractivity contribution in [3.63, 3.8) is 0 Å². The number of thiocarbonyl (C=S) groups is 1. The molecule has 0 aromatic heterocycles. The molecule has 8 nitrogen and oxygen atoms in total. The van der Waals surface area contributed by atoms with E-state index in [1.807, 2.05) is 0 Å². The molecule has 1 aliphatic rings. The smallest absolute Gasteiger partial charge is 0.344 e. The Balaban J connectivity index is 2.33. The Labute approximate surface area is 169 Å². The number of carbonyl (C=O) groups excluding carboxylic acids is 3. The largest absolute Gasteiger partial charge is 0.490 e. The van der Waals surface area contributed by atoms with Crippen LogP contribution >= 0.6 is 28.1 Å². The molecule has 1 aromatic carbocycles. The lowest BCUT2D eigenvalue weighted by molar-refractivity contribution is -0.145. The minimum absolute atomic E-state index is 0.0427. The maximum atomic E-state index is 12.0. The van der Waals surface area contributed by atoms with Crippen molar-refractivity contribution in [1.82, 2.24) is 10.6 Å². The molecule has 1 saturated heterocycles. The Kier molecular flexibility index (Phi) is 7.31. The number of benzene rings is 1. The van der Waals surface area contributed by atoms with Crippen molar-refractivity contribution in [3.8, 4) is 11.5 Å². The SMILES string of the molecule is CCOC(=O)COc1cc(Br)c(C=C2C(=O)NC(=S)NC2=O)cc1OCC. The van der Waals surface area contributed by atoms with E-state index < -0.39 is 17.8 Å². The second-order valence-electron chi connectivity index (χ2n) is 5.14. The summed E-state index contributed by atoms with van der Waals surface area (Å²) >= 11 is 8.13. The third-order valence-electron chi connectivity index (χ3n) is 3.26. The molecule has 1 aliphatic heterocycles. The lowest BCUT2D eigenvalue weighted by atomic mass is 10.1. The van der Waals surface area contributed by atoms with E-state index in [1.165, 1.54) is 6.08 Å². The summed E-state index contributed by atoms with van der Waals surface area (Å²) in [5.74, 6) is -1.04. The predicted octanol–water partition coefficient (Wildman–Crippen LogP) is 1.70. The van der Waals surface area contributed by atoms with Gasteiger partial charge in [0.05, 0.1) is 13.2 Å². The molecule has 27 heavy (non-hydrogen) atoms. The molecule has 0 aliphatic carbocycles. The number of halogens is 1. The van der Waals surface area contributed by atoms with Crippen LogP contribution in [0.4, 0.5) is 0 Å². The highest BCUT2D eigenvalue weighted by atomic mass is 79.9. The number of nitrogens with one attached hydrogen (secondary N) is 2. The van der Waals surface area contributed by atoms with Crippen LogP contribution in [0.1, 0.15) is 19.4 Å². The number of hydrogen-bond donors (Lipinski definition) is 2. The van der Waals surface area contributed by atoms with Gasteiger partial charge in [-0.25, -0.2) is 4.79 Å². The number of amides is 2. The fourth-order valence-corrected chi connectivity index (χ4v) is 2.77. The van der Waals surface area contributed by atoms with Gasteiger partial charge in [0, 0.05) is 4.47 Å². The van der Waals surface area contributed by atoms with Gasteiger partial charge in [-0.15, -0.1) is 0 Å². The topological polar surface area (TPSA) is 103 Å². The number of rotatable bonds is 7. The van der Waals surface area contributed by atoms with E-state index in [4.69, 9.17) is 26.4 Å². The second-order valence-corrected chi connectivity index (χ2v) is 6.41. The molecule has 144 valence electrons. The van der Waals surface area contributed by atoms with Gasteiger partial charge in [-0.1, -0.05) is 15.9 Å². The van der Waals surface area contributed by atoms with E-state index in [9.17, 15) is 14.4 Å². The second kappa shape index (κ2) is 9.47. The molecule has 10 heteroatoms. The van der Waals surface area contributed by atoms with Crippen LogP contribution in [0.3, 0.4) is 0 Å². The highest BCUT2D eigenvalue weighted by molar-refractivity contribution is 9.10. The fraction of sp³-hybridized carbons (Fsp3) is 0.294. The number of esters is 1. The van der Waals surface area contributed by atoms with Gasteiger partial charge in [0.25, 0.3) is 11.8 Å². The van der Waals surface area contributed by atoms with Crippen LogP contribution in [0, 0.1) is 0 Å². The Bertz CT molecular complexity index is 802. The maximum Gasteiger partial charge on any atom is 0.344 e. The average molecular weight is 457 g/mol. The van der Waals surface area contributed by atoms with E-state index in [1.54, 1.807) is 26.0 Å². The van der Waals surface area contributed by atoms with E-state index in [-0.39, 0.29) is 23.9 Å². The highest BCUT2D eigenvalue weighted by Crippen LogP contribution is 2.35. The third kappa shape index (κ3) is 5.51. The van der Waals surface area contributed by atoms with Crippen LogP contribution in [-0.4, -0.2) is 42.7 Å². The van der Waals surface area contributed by atoms with Gasteiger partial charge in [-0.05, 0) is 49.8 Å². The van der Waals surface area contributed by atoms with Gasteiger partial charge in [-0.3, -0.25) is 20.2 Å². The van der Waals surface area contributed by atoms with Crippen LogP contribution in [-0.2, 0) is 19.1 Å². The molecule has 1 heterocycles. The third-order valence-corrected chi connectivity index (χ3v) is 4.15. The summed E-state index contributed by atoms with van der Waals surface area (Å²) in [6, 6.07) is 3.18. The zero-order valence-corrected chi connectivity index (χ0v) is 17.0. The van der Waals surface area contributed by atoms with Gasteiger partial charge in [0.2, 0.25) is 0 Å². The van der Waals surface area contributed by atoms with Crippen molar-refractivity contribution in [1.29, 1.82) is 0 Å². The Hall–Kier alpha value is -2.46. The first-order chi connectivity index (χ1) is 12.8. The molecule has 0 atom stereocenters. The van der Waals surface area contributed by atoms with Crippen molar-refractivity contribution in [3.05, 3.63) is 27.7 Å². The fourth-order valence-electron chi connectivity index (χ4n) is 2.14. The molecule has 2 amide bonds. The first kappa shape index (κ1) is 20.8. The van der Waals surface area contributed by atoms with Crippen LogP contribution in [0.5, 0.6) is 11.5 Å². The van der Waals surface area contributed by atoms with Crippen molar-refractivity contribution in [2.24, 2.45) is 0 Å². The van der Waals surface area contributed by atoms with Crippen molar-refractivity contribution in [2.75, 3.05) is 19.8 Å². The lowest BCUT2D eigenvalue weighted by Gasteiger charge is -2.17. The zero-order valence-electron chi connectivity index (χ0n) is 14.6. The minimum Gasteiger partial charge on any atom is -0.490 e. The van der Waals surface area contributed by atoms with Gasteiger partial charge < -0.3 is 14.2 Å². The first-order valence-corrected chi connectivity index (χ1v) is 9.18. The van der Waals surface area contributed by atoms with Gasteiger partial charge in [0.1, 0.15) is 5.57 Å². The maximum absolute atomic E-state index is 12.0. The van der Waals surface area contributed by atoms with Crippen molar-refractivity contribution < 1.29 is 28.6 Å². The van der Waals surface area contributed by atoms with Crippen molar-refractivity contribution >= 4 is 57.1 Å². The molecule has 0 spiro atoms. The standard InChI is InChI=1S/C17H17BrN2O6S/c1-3-24-12-6-9(5-10-15(22)19-17(27)20-16(10)23)11(18)7-13(12)26-8-14(21)25-4-2/h5-7H,3-4,8H2,1-2H3,(H2,19,20,22,23,27). The summed E-state index contributed by atoms with van der Waals surface area (Å²) in [6.45, 7) is 3.82. The molecule has 0 radical (unpaired) electrons. The van der Waals surface area contributed by atoms with Gasteiger partial charge in [-0.2, -0.15) is 0 Å². The molecular formula is C17H17BrN2O6S. The normalized spacial score (nSPS) is 13.6. The summed E-state index contributed by atoms with van der Waals surface area (Å²) in [4.78, 5) is 35.5. The summed E-state index contributed by atoms with van der Waals surface area (Å²) in [7, 11) is 0. The quantitative estimate of drug-likeness (QED) is 0.278. The number of hydrogen-bond acceptors (Lipinski definition) is 7. The molecule has 0 saturated carbocycles. The number of carbonyl (C=O) groups is 3.